The molecule has 0 atom stereocenters. The van der Waals surface area contributed by atoms with Crippen molar-refractivity contribution in [3.8, 4) is 34.0 Å². The molecule has 8 nitrogen and oxygen atoms in total. The maximum Gasteiger partial charge on any atom is 0.353 e. The highest BCUT2D eigenvalue weighted by Crippen LogP contribution is 2.42. The Morgan fingerprint density at radius 1 is 0.656 bits per heavy atom. The van der Waals surface area contributed by atoms with Gasteiger partial charge >= 0.3 is 11.9 Å². The van der Waals surface area contributed by atoms with Crippen molar-refractivity contribution in [1.29, 1.82) is 0 Å². The first-order chi connectivity index (χ1) is 15.4. The highest BCUT2D eigenvalue weighted by Gasteiger charge is 2.26. The van der Waals surface area contributed by atoms with Gasteiger partial charge in [0.1, 0.15) is 11.5 Å². The second-order valence-electron chi connectivity index (χ2n) is 7.12. The summed E-state index contributed by atoms with van der Waals surface area (Å²) >= 11 is 0. The predicted molar refractivity (Wildman–Crippen MR) is 128 cm³/mol. The second-order valence-corrected chi connectivity index (χ2v) is 9.23. The standard InChI is InChI=1S/C22H24N6O2S2/c1-27-19(17(25-21(27)23)13-5-9-15(29-3)10-6-13)31-32-20-18(26-22(24)28(20)2)14-7-11-16(30-4)12-8-14/h5-12H,1-4H3,(H4,23,24,25,26)/p+2. The third kappa shape index (κ3) is 4.11. The van der Waals surface area contributed by atoms with Crippen LogP contribution in [-0.2, 0) is 14.1 Å². The fourth-order valence-corrected chi connectivity index (χ4v) is 5.99. The number of H-pyrrole nitrogens is 2. The molecule has 0 unspecified atom stereocenters. The number of nitrogen functional groups attached to an aromatic ring is 2. The number of nitrogens with two attached hydrogens (primary N) is 2. The molecular formula is C22H26N6O2S2+2. The Kier molecular flexibility index (Phi) is 6.24. The molecule has 0 bridgehead atoms. The predicted octanol–water partition coefficient (Wildman–Crippen LogP) is 3.31. The number of hydrogen-bond donors (Lipinski definition) is 4. The molecule has 0 amide bonds. The van der Waals surface area contributed by atoms with Crippen molar-refractivity contribution in [2.75, 3.05) is 25.7 Å². The summed E-state index contributed by atoms with van der Waals surface area (Å²) in [5.74, 6) is 2.76. The number of aromatic amines is 2. The largest absolute Gasteiger partial charge is 0.497 e. The maximum absolute atomic E-state index is 6.20. The van der Waals surface area contributed by atoms with Gasteiger partial charge in [-0.05, 0) is 70.1 Å². The summed E-state index contributed by atoms with van der Waals surface area (Å²) in [4.78, 5) is 6.59. The van der Waals surface area contributed by atoms with Crippen molar-refractivity contribution >= 4 is 33.5 Å². The van der Waals surface area contributed by atoms with Gasteiger partial charge in [0.05, 0.1) is 28.3 Å². The number of aromatic nitrogens is 4. The van der Waals surface area contributed by atoms with Crippen LogP contribution in [-0.4, -0.2) is 24.2 Å². The zero-order valence-corrected chi connectivity index (χ0v) is 19.9. The van der Waals surface area contributed by atoms with Crippen LogP contribution in [0.25, 0.3) is 22.5 Å². The molecule has 10 heteroatoms. The van der Waals surface area contributed by atoms with Crippen molar-refractivity contribution in [3.05, 3.63) is 48.5 Å². The zero-order chi connectivity index (χ0) is 22.8. The van der Waals surface area contributed by atoms with Crippen LogP contribution in [0.3, 0.4) is 0 Å². The number of rotatable bonds is 7. The summed E-state index contributed by atoms with van der Waals surface area (Å²) < 4.78 is 14.4. The second kappa shape index (κ2) is 9.09. The number of benzene rings is 2. The lowest BCUT2D eigenvalue weighted by Crippen LogP contribution is -2.33. The van der Waals surface area contributed by atoms with Gasteiger partial charge in [-0.1, -0.05) is 0 Å². The fraction of sp³-hybridized carbons (Fsp3) is 0.182. The summed E-state index contributed by atoms with van der Waals surface area (Å²) in [5, 5.41) is 2.00. The molecule has 0 saturated heterocycles. The van der Waals surface area contributed by atoms with Crippen LogP contribution in [0.1, 0.15) is 0 Å². The zero-order valence-electron chi connectivity index (χ0n) is 18.3. The molecule has 32 heavy (non-hydrogen) atoms. The average molecular weight is 471 g/mol. The Morgan fingerprint density at radius 2 is 1.00 bits per heavy atom. The van der Waals surface area contributed by atoms with Crippen molar-refractivity contribution in [2.24, 2.45) is 14.1 Å². The first kappa shape index (κ1) is 22.0. The Bertz CT molecular complexity index is 1140. The van der Waals surface area contributed by atoms with E-state index in [0.29, 0.717) is 11.9 Å². The number of nitrogens with zero attached hydrogens (tertiary/aromatic N) is 2. The minimum absolute atomic E-state index is 0.576. The molecule has 0 fully saturated rings. The molecule has 4 rings (SSSR count). The van der Waals surface area contributed by atoms with E-state index in [2.05, 4.69) is 9.97 Å². The van der Waals surface area contributed by atoms with Crippen LogP contribution in [0.4, 0.5) is 11.9 Å². The highest BCUT2D eigenvalue weighted by molar-refractivity contribution is 8.76. The summed E-state index contributed by atoms with van der Waals surface area (Å²) in [7, 11) is 10.4. The Balaban J connectivity index is 1.67. The van der Waals surface area contributed by atoms with E-state index in [4.69, 9.17) is 20.9 Å². The quantitative estimate of drug-likeness (QED) is 0.244. The molecule has 0 saturated carbocycles. The summed E-state index contributed by atoms with van der Waals surface area (Å²) in [5.41, 5.74) is 16.3. The minimum Gasteiger partial charge on any atom is -0.497 e. The minimum atomic E-state index is 0.576. The number of anilines is 2. The van der Waals surface area contributed by atoms with E-state index in [9.17, 15) is 0 Å². The SMILES string of the molecule is COc1ccc(-c2[nH]c(N)[n+](C)c2SSc2c(-c3ccc(OC)cc3)[nH]c(N)[n+]2C)cc1. The van der Waals surface area contributed by atoms with E-state index >= 15 is 0 Å². The third-order valence-corrected chi connectivity index (χ3v) is 7.78. The van der Waals surface area contributed by atoms with Crippen molar-refractivity contribution in [1.82, 2.24) is 9.97 Å². The highest BCUT2D eigenvalue weighted by atomic mass is 33.1. The van der Waals surface area contributed by atoms with Gasteiger partial charge < -0.3 is 9.47 Å². The van der Waals surface area contributed by atoms with Crippen LogP contribution in [0.5, 0.6) is 11.5 Å². The first-order valence-corrected chi connectivity index (χ1v) is 12.0. The molecule has 2 aromatic carbocycles. The number of methoxy groups -OCH3 is 2. The van der Waals surface area contributed by atoms with E-state index in [0.717, 1.165) is 44.1 Å². The molecule has 2 aromatic heterocycles. The van der Waals surface area contributed by atoms with Gasteiger partial charge in [0.25, 0.3) is 0 Å². The summed E-state index contributed by atoms with van der Waals surface area (Å²) in [6, 6.07) is 15.8. The van der Waals surface area contributed by atoms with E-state index in [1.54, 1.807) is 35.8 Å². The lowest BCUT2D eigenvalue weighted by molar-refractivity contribution is -0.692. The average Bonchev–Trinajstić information content (AvgIpc) is 3.27. The molecule has 0 radical (unpaired) electrons. The van der Waals surface area contributed by atoms with E-state index in [1.807, 2.05) is 71.8 Å². The van der Waals surface area contributed by atoms with Crippen LogP contribution in [0.15, 0.2) is 58.6 Å². The maximum atomic E-state index is 6.20. The van der Waals surface area contributed by atoms with Gasteiger partial charge in [-0.25, -0.2) is 19.1 Å². The molecule has 0 aliphatic rings. The number of hydrogen-bond acceptors (Lipinski definition) is 6. The van der Waals surface area contributed by atoms with E-state index in [1.165, 1.54) is 0 Å². The summed E-state index contributed by atoms with van der Waals surface area (Å²) in [6.07, 6.45) is 0. The van der Waals surface area contributed by atoms with Crippen LogP contribution in [0.2, 0.25) is 0 Å². The van der Waals surface area contributed by atoms with E-state index < -0.39 is 0 Å². The number of nitrogens with one attached hydrogen (secondary N) is 2. The van der Waals surface area contributed by atoms with Gasteiger partial charge in [-0.15, -0.1) is 0 Å². The molecule has 166 valence electrons. The Hall–Kier alpha value is -3.24. The molecular weight excluding hydrogens is 444 g/mol. The molecule has 6 N–H and O–H groups in total. The van der Waals surface area contributed by atoms with Gasteiger partial charge in [0, 0.05) is 11.1 Å². The number of ether oxygens (including phenoxy) is 2. The Morgan fingerprint density at radius 3 is 1.31 bits per heavy atom. The smallest absolute Gasteiger partial charge is 0.353 e. The third-order valence-electron chi connectivity index (χ3n) is 5.22. The monoisotopic (exact) mass is 470 g/mol. The van der Waals surface area contributed by atoms with Gasteiger partial charge in [-0.3, -0.25) is 11.5 Å². The fourth-order valence-electron chi connectivity index (χ4n) is 3.27. The van der Waals surface area contributed by atoms with Crippen molar-refractivity contribution in [3.63, 3.8) is 0 Å². The molecule has 0 aliphatic carbocycles. The first-order valence-electron chi connectivity index (χ1n) is 9.81. The van der Waals surface area contributed by atoms with Gasteiger partial charge in [0.2, 0.25) is 0 Å². The molecule has 0 aliphatic heterocycles. The topological polar surface area (TPSA) is 110 Å². The van der Waals surface area contributed by atoms with Gasteiger partial charge in [-0.2, -0.15) is 0 Å². The molecule has 0 spiro atoms. The molecule has 4 aromatic rings. The summed E-state index contributed by atoms with van der Waals surface area (Å²) in [6.45, 7) is 0. The normalized spacial score (nSPS) is 11.0. The van der Waals surface area contributed by atoms with Gasteiger partial charge in [0.15, 0.2) is 21.4 Å². The van der Waals surface area contributed by atoms with Crippen LogP contribution in [0, 0.1) is 0 Å². The number of imidazole rings is 2. The van der Waals surface area contributed by atoms with E-state index in [-0.39, 0.29) is 0 Å². The van der Waals surface area contributed by atoms with Crippen molar-refractivity contribution in [2.45, 2.75) is 10.1 Å². The van der Waals surface area contributed by atoms with Crippen molar-refractivity contribution < 1.29 is 18.6 Å². The lowest BCUT2D eigenvalue weighted by atomic mass is 10.1. The van der Waals surface area contributed by atoms with Crippen LogP contribution >= 0.6 is 21.6 Å². The Labute approximate surface area is 194 Å². The lowest BCUT2D eigenvalue weighted by Gasteiger charge is -2.05. The van der Waals surface area contributed by atoms with Crippen LogP contribution < -0.4 is 30.1 Å². The molecule has 2 heterocycles.